The maximum absolute atomic E-state index is 11.7. The van der Waals surface area contributed by atoms with E-state index in [9.17, 15) is 10.1 Å². The number of hydrogen-bond donors (Lipinski definition) is 0. The highest BCUT2D eigenvalue weighted by Crippen LogP contribution is 2.35. The number of carbonyl (C=O) groups excluding carboxylic acids is 1. The lowest BCUT2D eigenvalue weighted by Crippen LogP contribution is -2.00. The number of allylic oxidation sites excluding steroid dienone is 1. The summed E-state index contributed by atoms with van der Waals surface area (Å²) in [5.74, 6) is 0.746. The molecule has 0 aliphatic rings. The van der Waals surface area contributed by atoms with Crippen molar-refractivity contribution in [3.05, 3.63) is 76.9 Å². The van der Waals surface area contributed by atoms with E-state index in [1.807, 2.05) is 30.3 Å². The lowest BCUT2D eigenvalue weighted by atomic mass is 10.1. The maximum Gasteiger partial charge on any atom is 0.337 e. The molecule has 0 unspecified atom stereocenters. The molecule has 29 heavy (non-hydrogen) atoms. The topological polar surface area (TPSA) is 76.1 Å². The fraction of sp³-hybridized carbons (Fsp3) is 0.0455. The van der Waals surface area contributed by atoms with Gasteiger partial charge in [-0.2, -0.15) is 5.26 Å². The van der Waals surface area contributed by atoms with Crippen molar-refractivity contribution >= 4 is 45.4 Å². The SMILES string of the molecule is COC(=O)c1cccc(-c2ccc(/C=C(\C#N)Sc3nc4ccccc4s3)o2)c1. The molecule has 0 saturated heterocycles. The van der Waals surface area contributed by atoms with Crippen LogP contribution in [0, 0.1) is 11.3 Å². The molecule has 0 spiro atoms. The van der Waals surface area contributed by atoms with Crippen molar-refractivity contribution < 1.29 is 13.9 Å². The number of methoxy groups -OCH3 is 1. The van der Waals surface area contributed by atoms with E-state index in [1.54, 1.807) is 47.7 Å². The standard InChI is InChI=1S/C22H14N2O3S2/c1-26-21(25)15-6-4-5-14(11-15)19-10-9-16(27-19)12-17(13-23)28-22-24-18-7-2-3-8-20(18)29-22/h2-12H,1H3/b17-12+. The van der Waals surface area contributed by atoms with Crippen LogP contribution in [0.3, 0.4) is 0 Å². The monoisotopic (exact) mass is 418 g/mol. The Labute approximate surface area is 175 Å². The van der Waals surface area contributed by atoms with E-state index in [0.29, 0.717) is 22.0 Å². The van der Waals surface area contributed by atoms with E-state index >= 15 is 0 Å². The minimum Gasteiger partial charge on any atom is -0.465 e. The van der Waals surface area contributed by atoms with E-state index in [4.69, 9.17) is 9.15 Å². The second-order valence-corrected chi connectivity index (χ2v) is 8.26. The number of benzene rings is 2. The van der Waals surface area contributed by atoms with Gasteiger partial charge in [-0.15, -0.1) is 11.3 Å². The van der Waals surface area contributed by atoms with Crippen molar-refractivity contribution in [2.24, 2.45) is 0 Å². The molecule has 2 aromatic carbocycles. The Morgan fingerprint density at radius 2 is 2.07 bits per heavy atom. The molecule has 0 amide bonds. The molecular weight excluding hydrogens is 404 g/mol. The summed E-state index contributed by atoms with van der Waals surface area (Å²) in [6.07, 6.45) is 1.68. The Balaban J connectivity index is 1.57. The van der Waals surface area contributed by atoms with Crippen molar-refractivity contribution in [3.63, 3.8) is 0 Å². The summed E-state index contributed by atoms with van der Waals surface area (Å²) < 4.78 is 12.5. The van der Waals surface area contributed by atoms with E-state index in [2.05, 4.69) is 11.1 Å². The summed E-state index contributed by atoms with van der Waals surface area (Å²) in [5.41, 5.74) is 2.12. The Morgan fingerprint density at radius 1 is 1.21 bits per heavy atom. The number of carbonyl (C=O) groups is 1. The van der Waals surface area contributed by atoms with E-state index < -0.39 is 5.97 Å². The predicted molar refractivity (Wildman–Crippen MR) is 115 cm³/mol. The summed E-state index contributed by atoms with van der Waals surface area (Å²) in [6, 6.07) is 20.7. The zero-order valence-electron chi connectivity index (χ0n) is 15.3. The van der Waals surface area contributed by atoms with Crippen LogP contribution in [-0.2, 0) is 4.74 Å². The first-order valence-corrected chi connectivity index (χ1v) is 10.2. The summed E-state index contributed by atoms with van der Waals surface area (Å²) >= 11 is 2.86. The van der Waals surface area contributed by atoms with Gasteiger partial charge in [0.2, 0.25) is 0 Å². The zero-order valence-corrected chi connectivity index (χ0v) is 16.9. The lowest BCUT2D eigenvalue weighted by molar-refractivity contribution is 0.0601. The zero-order chi connectivity index (χ0) is 20.2. The fourth-order valence-electron chi connectivity index (χ4n) is 2.71. The lowest BCUT2D eigenvalue weighted by Gasteiger charge is -2.01. The van der Waals surface area contributed by atoms with Gasteiger partial charge in [0.05, 0.1) is 27.8 Å². The number of nitriles is 1. The summed E-state index contributed by atoms with van der Waals surface area (Å²) in [6.45, 7) is 0. The van der Waals surface area contributed by atoms with Crippen LogP contribution in [-0.4, -0.2) is 18.1 Å². The van der Waals surface area contributed by atoms with Crippen LogP contribution in [0.2, 0.25) is 0 Å². The van der Waals surface area contributed by atoms with Crippen LogP contribution in [0.4, 0.5) is 0 Å². The molecule has 0 saturated carbocycles. The van der Waals surface area contributed by atoms with Gasteiger partial charge in [-0.3, -0.25) is 0 Å². The third-order valence-electron chi connectivity index (χ3n) is 4.05. The van der Waals surface area contributed by atoms with Gasteiger partial charge in [-0.05, 0) is 48.2 Å². The average molecular weight is 418 g/mol. The van der Waals surface area contributed by atoms with Crippen LogP contribution in [0.5, 0.6) is 0 Å². The van der Waals surface area contributed by atoms with Crippen molar-refractivity contribution in [1.82, 2.24) is 4.98 Å². The minimum atomic E-state index is -0.405. The molecule has 7 heteroatoms. The summed E-state index contributed by atoms with van der Waals surface area (Å²) in [4.78, 5) is 16.7. The van der Waals surface area contributed by atoms with Crippen molar-refractivity contribution in [3.8, 4) is 17.4 Å². The first kappa shape index (κ1) is 19.0. The third-order valence-corrected chi connectivity index (χ3v) is 6.08. The number of thioether (sulfide) groups is 1. The van der Waals surface area contributed by atoms with Crippen LogP contribution < -0.4 is 0 Å². The second-order valence-electron chi connectivity index (χ2n) is 5.94. The van der Waals surface area contributed by atoms with E-state index in [1.165, 1.54) is 18.9 Å². The number of ether oxygens (including phenoxy) is 1. The molecule has 5 nitrogen and oxygen atoms in total. The number of aromatic nitrogens is 1. The summed E-state index contributed by atoms with van der Waals surface area (Å²) in [5, 5.41) is 9.52. The van der Waals surface area contributed by atoms with Crippen LogP contribution in [0.25, 0.3) is 27.6 Å². The molecule has 0 atom stereocenters. The molecule has 0 fully saturated rings. The largest absolute Gasteiger partial charge is 0.465 e. The van der Waals surface area contributed by atoms with E-state index in [0.717, 1.165) is 20.1 Å². The summed E-state index contributed by atoms with van der Waals surface area (Å²) in [7, 11) is 1.34. The van der Waals surface area contributed by atoms with Gasteiger partial charge in [0.1, 0.15) is 17.6 Å². The van der Waals surface area contributed by atoms with Crippen LogP contribution >= 0.6 is 23.1 Å². The number of hydrogen-bond acceptors (Lipinski definition) is 7. The maximum atomic E-state index is 11.7. The number of furan rings is 1. The molecule has 0 N–H and O–H groups in total. The Hall–Kier alpha value is -3.34. The number of para-hydroxylation sites is 1. The second kappa shape index (κ2) is 8.35. The van der Waals surface area contributed by atoms with Crippen molar-refractivity contribution in [1.29, 1.82) is 5.26 Å². The highest BCUT2D eigenvalue weighted by atomic mass is 32.2. The highest BCUT2D eigenvalue weighted by molar-refractivity contribution is 8.05. The Morgan fingerprint density at radius 3 is 2.86 bits per heavy atom. The first-order valence-electron chi connectivity index (χ1n) is 8.60. The Bertz CT molecular complexity index is 1230. The van der Waals surface area contributed by atoms with Gasteiger partial charge in [0.15, 0.2) is 4.34 Å². The smallest absolute Gasteiger partial charge is 0.337 e. The Kier molecular flexibility index (Phi) is 5.47. The highest BCUT2D eigenvalue weighted by Gasteiger charge is 2.11. The van der Waals surface area contributed by atoms with Gasteiger partial charge >= 0.3 is 5.97 Å². The first-order chi connectivity index (χ1) is 14.2. The number of rotatable bonds is 5. The number of nitrogens with zero attached hydrogens (tertiary/aromatic N) is 2. The van der Waals surface area contributed by atoms with Gasteiger partial charge in [-0.25, -0.2) is 9.78 Å². The van der Waals surface area contributed by atoms with Crippen molar-refractivity contribution in [2.75, 3.05) is 7.11 Å². The quantitative estimate of drug-likeness (QED) is 0.225. The molecule has 4 rings (SSSR count). The van der Waals surface area contributed by atoms with Crippen LogP contribution in [0.1, 0.15) is 16.1 Å². The van der Waals surface area contributed by atoms with Gasteiger partial charge in [0.25, 0.3) is 0 Å². The van der Waals surface area contributed by atoms with E-state index in [-0.39, 0.29) is 0 Å². The van der Waals surface area contributed by atoms with Crippen LogP contribution in [0.15, 0.2) is 74.3 Å². The van der Waals surface area contributed by atoms with Gasteiger partial charge < -0.3 is 9.15 Å². The molecule has 0 aliphatic carbocycles. The number of fused-ring (bicyclic) bond motifs is 1. The van der Waals surface area contributed by atoms with Crippen molar-refractivity contribution in [2.45, 2.75) is 4.34 Å². The minimum absolute atomic E-state index is 0.405. The molecule has 0 bridgehead atoms. The molecular formula is C22H14N2O3S2. The third kappa shape index (κ3) is 4.24. The van der Waals surface area contributed by atoms with Gasteiger partial charge in [-0.1, -0.05) is 24.3 Å². The number of thiazole rings is 1. The number of esters is 1. The molecule has 4 aromatic rings. The average Bonchev–Trinajstić information content (AvgIpc) is 3.39. The fourth-order valence-corrected chi connectivity index (χ4v) is 4.66. The van der Waals surface area contributed by atoms with Gasteiger partial charge in [0, 0.05) is 11.6 Å². The predicted octanol–water partition coefficient (Wildman–Crippen LogP) is 6.00. The molecule has 2 aromatic heterocycles. The molecule has 142 valence electrons. The normalized spacial score (nSPS) is 11.4. The molecule has 0 radical (unpaired) electrons. The molecule has 2 heterocycles. The molecule has 0 aliphatic heterocycles.